The van der Waals surface area contributed by atoms with Crippen LogP contribution in [0.4, 0.5) is 10.6 Å². The molecule has 1 unspecified atom stereocenters. The Hall–Kier alpha value is -2.50. The van der Waals surface area contributed by atoms with Crippen LogP contribution in [0.1, 0.15) is 50.9 Å². The van der Waals surface area contributed by atoms with Crippen molar-refractivity contribution in [3.05, 3.63) is 41.6 Å². The molecule has 1 aliphatic rings. The van der Waals surface area contributed by atoms with Gasteiger partial charge < -0.3 is 10.5 Å². The number of nitrogen functional groups attached to an aromatic ring is 1. The van der Waals surface area contributed by atoms with Crippen LogP contribution in [0.3, 0.4) is 0 Å². The number of nitrogens with zero attached hydrogens (tertiary/aromatic N) is 3. The van der Waals surface area contributed by atoms with Crippen LogP contribution in [0.2, 0.25) is 0 Å². The van der Waals surface area contributed by atoms with Gasteiger partial charge in [0.25, 0.3) is 0 Å². The van der Waals surface area contributed by atoms with E-state index in [4.69, 9.17) is 15.6 Å². The maximum Gasteiger partial charge on any atom is 0.410 e. The number of benzene rings is 1. The quantitative estimate of drug-likeness (QED) is 0.900. The molecule has 1 atom stereocenters. The molecule has 134 valence electrons. The number of ether oxygens (including phenoxy) is 1. The molecule has 1 aliphatic heterocycles. The van der Waals surface area contributed by atoms with Crippen molar-refractivity contribution < 1.29 is 9.53 Å². The second kappa shape index (κ2) is 6.43. The Bertz CT molecular complexity index is 762. The van der Waals surface area contributed by atoms with Crippen molar-refractivity contribution in [2.45, 2.75) is 52.2 Å². The van der Waals surface area contributed by atoms with Crippen LogP contribution in [0.15, 0.2) is 30.3 Å². The molecule has 1 aromatic carbocycles. The van der Waals surface area contributed by atoms with E-state index in [0.717, 1.165) is 29.8 Å². The van der Waals surface area contributed by atoms with Crippen LogP contribution in [-0.2, 0) is 4.74 Å². The van der Waals surface area contributed by atoms with Gasteiger partial charge >= 0.3 is 6.09 Å². The van der Waals surface area contributed by atoms with Gasteiger partial charge in [-0.2, -0.15) is 5.10 Å². The fraction of sp³-hybridized carbons (Fsp3) is 0.474. The molecule has 2 heterocycles. The molecule has 2 N–H and O–H groups in total. The van der Waals surface area contributed by atoms with Crippen molar-refractivity contribution in [1.82, 2.24) is 14.7 Å². The number of carbonyl (C=O) groups is 1. The van der Waals surface area contributed by atoms with Crippen molar-refractivity contribution >= 4 is 11.9 Å². The lowest BCUT2D eigenvalue weighted by molar-refractivity contribution is 0.0221. The van der Waals surface area contributed by atoms with Crippen molar-refractivity contribution in [2.75, 3.05) is 12.3 Å². The largest absolute Gasteiger partial charge is 0.444 e. The summed E-state index contributed by atoms with van der Waals surface area (Å²) in [6.45, 7) is 8.27. The Labute approximate surface area is 148 Å². The number of aromatic nitrogens is 2. The zero-order valence-electron chi connectivity index (χ0n) is 15.3. The van der Waals surface area contributed by atoms with Gasteiger partial charge in [0.1, 0.15) is 11.4 Å². The lowest BCUT2D eigenvalue weighted by Gasteiger charge is -2.28. The zero-order valence-corrected chi connectivity index (χ0v) is 15.3. The van der Waals surface area contributed by atoms with E-state index in [1.165, 1.54) is 0 Å². The number of hydrogen-bond acceptors (Lipinski definition) is 4. The third-order valence-electron chi connectivity index (χ3n) is 4.40. The van der Waals surface area contributed by atoms with Crippen molar-refractivity contribution in [3.8, 4) is 5.69 Å². The number of amides is 1. The number of hydrogen-bond donors (Lipinski definition) is 1. The van der Waals surface area contributed by atoms with Gasteiger partial charge in [-0.15, -0.1) is 0 Å². The van der Waals surface area contributed by atoms with Crippen LogP contribution in [-0.4, -0.2) is 32.9 Å². The van der Waals surface area contributed by atoms with Crippen molar-refractivity contribution in [1.29, 1.82) is 0 Å². The highest BCUT2D eigenvalue weighted by molar-refractivity contribution is 5.69. The predicted octanol–water partition coefficient (Wildman–Crippen LogP) is 3.83. The molecule has 6 nitrogen and oxygen atoms in total. The van der Waals surface area contributed by atoms with Crippen LogP contribution in [0, 0.1) is 6.92 Å². The Morgan fingerprint density at radius 2 is 1.96 bits per heavy atom. The SMILES string of the molecule is Cc1c(C2CCCN2C(=O)OC(C)(C)C)nn(-c2ccccc2)c1N. The molecule has 0 spiro atoms. The van der Waals surface area contributed by atoms with E-state index >= 15 is 0 Å². The van der Waals surface area contributed by atoms with Crippen LogP contribution >= 0.6 is 0 Å². The highest BCUT2D eigenvalue weighted by atomic mass is 16.6. The fourth-order valence-corrected chi connectivity index (χ4v) is 3.20. The van der Waals surface area contributed by atoms with E-state index in [-0.39, 0.29) is 12.1 Å². The normalized spacial score (nSPS) is 17.8. The van der Waals surface area contributed by atoms with E-state index in [2.05, 4.69) is 0 Å². The summed E-state index contributed by atoms with van der Waals surface area (Å²) in [4.78, 5) is 14.3. The Kier molecular flexibility index (Phi) is 4.45. The number of para-hydroxylation sites is 1. The third kappa shape index (κ3) is 3.48. The summed E-state index contributed by atoms with van der Waals surface area (Å²) in [7, 11) is 0. The predicted molar refractivity (Wildman–Crippen MR) is 97.6 cm³/mol. The first-order valence-electron chi connectivity index (χ1n) is 8.68. The van der Waals surface area contributed by atoms with Gasteiger partial charge in [-0.1, -0.05) is 18.2 Å². The molecule has 25 heavy (non-hydrogen) atoms. The second-order valence-electron chi connectivity index (χ2n) is 7.47. The van der Waals surface area contributed by atoms with Gasteiger partial charge in [0, 0.05) is 12.1 Å². The Morgan fingerprint density at radius 3 is 2.60 bits per heavy atom. The number of likely N-dealkylation sites (tertiary alicyclic amines) is 1. The van der Waals surface area contributed by atoms with Gasteiger partial charge in [-0.3, -0.25) is 4.90 Å². The molecular weight excluding hydrogens is 316 g/mol. The number of rotatable bonds is 2. The minimum atomic E-state index is -0.512. The minimum absolute atomic E-state index is 0.0953. The minimum Gasteiger partial charge on any atom is -0.444 e. The van der Waals surface area contributed by atoms with Crippen LogP contribution in [0.25, 0.3) is 5.69 Å². The van der Waals surface area contributed by atoms with Crippen molar-refractivity contribution in [3.63, 3.8) is 0 Å². The average molecular weight is 342 g/mol. The number of carbonyl (C=O) groups excluding carboxylic acids is 1. The topological polar surface area (TPSA) is 73.4 Å². The highest BCUT2D eigenvalue weighted by Crippen LogP contribution is 2.36. The van der Waals surface area contributed by atoms with E-state index < -0.39 is 5.60 Å². The van der Waals surface area contributed by atoms with Gasteiger partial charge in [0.2, 0.25) is 0 Å². The molecule has 2 aromatic rings. The van der Waals surface area contributed by atoms with Gasteiger partial charge in [0.05, 0.1) is 17.4 Å². The van der Waals surface area contributed by atoms with Gasteiger partial charge in [-0.25, -0.2) is 9.48 Å². The maximum atomic E-state index is 12.6. The Balaban J connectivity index is 1.92. The van der Waals surface area contributed by atoms with E-state index in [1.807, 2.05) is 58.0 Å². The summed E-state index contributed by atoms with van der Waals surface area (Å²) in [6.07, 6.45) is 1.51. The van der Waals surface area contributed by atoms with Crippen LogP contribution < -0.4 is 5.73 Å². The van der Waals surface area contributed by atoms with E-state index in [9.17, 15) is 4.79 Å². The average Bonchev–Trinajstić information content (AvgIpc) is 3.13. The molecule has 0 saturated carbocycles. The zero-order chi connectivity index (χ0) is 18.2. The third-order valence-corrected chi connectivity index (χ3v) is 4.40. The summed E-state index contributed by atoms with van der Waals surface area (Å²) in [5.41, 5.74) is 8.47. The van der Waals surface area contributed by atoms with Gasteiger partial charge in [0.15, 0.2) is 0 Å². The molecule has 0 bridgehead atoms. The standard InChI is InChI=1S/C19H26N4O2/c1-13-16(21-23(17(13)20)14-9-6-5-7-10-14)15-11-8-12-22(15)18(24)25-19(2,3)4/h5-7,9-10,15H,8,11-12,20H2,1-4H3. The van der Waals surface area contributed by atoms with Gasteiger partial charge in [-0.05, 0) is 52.7 Å². The first kappa shape index (κ1) is 17.3. The lowest BCUT2D eigenvalue weighted by Crippen LogP contribution is -2.36. The number of anilines is 1. The van der Waals surface area contributed by atoms with Crippen molar-refractivity contribution in [2.24, 2.45) is 0 Å². The van der Waals surface area contributed by atoms with E-state index in [0.29, 0.717) is 12.4 Å². The fourth-order valence-electron chi connectivity index (χ4n) is 3.20. The summed E-state index contributed by atoms with van der Waals surface area (Å²) < 4.78 is 7.30. The first-order valence-corrected chi connectivity index (χ1v) is 8.68. The second-order valence-corrected chi connectivity index (χ2v) is 7.47. The Morgan fingerprint density at radius 1 is 1.28 bits per heavy atom. The molecule has 1 aromatic heterocycles. The summed E-state index contributed by atoms with van der Waals surface area (Å²) in [5.74, 6) is 0.609. The highest BCUT2D eigenvalue weighted by Gasteiger charge is 2.36. The van der Waals surface area contributed by atoms with Crippen LogP contribution in [0.5, 0.6) is 0 Å². The monoisotopic (exact) mass is 342 g/mol. The molecule has 1 saturated heterocycles. The molecule has 0 aliphatic carbocycles. The molecule has 1 amide bonds. The smallest absolute Gasteiger partial charge is 0.410 e. The summed E-state index contributed by atoms with van der Waals surface area (Å²) in [6, 6.07) is 9.70. The molecular formula is C19H26N4O2. The molecule has 0 radical (unpaired) electrons. The molecule has 1 fully saturated rings. The molecule has 6 heteroatoms. The summed E-state index contributed by atoms with van der Waals surface area (Å²) >= 11 is 0. The first-order chi connectivity index (χ1) is 11.8. The maximum absolute atomic E-state index is 12.6. The molecule has 3 rings (SSSR count). The number of nitrogens with two attached hydrogens (primary N) is 1. The summed E-state index contributed by atoms with van der Waals surface area (Å²) in [5, 5.41) is 4.73. The van der Waals surface area contributed by atoms with E-state index in [1.54, 1.807) is 9.58 Å². The lowest BCUT2D eigenvalue weighted by atomic mass is 10.1.